The Labute approximate surface area is 92.6 Å². The first-order valence-corrected chi connectivity index (χ1v) is 5.35. The summed E-state index contributed by atoms with van der Waals surface area (Å²) in [6, 6.07) is 0. The van der Waals surface area contributed by atoms with Gasteiger partial charge in [-0.2, -0.15) is 0 Å². The molecule has 0 saturated carbocycles. The molecule has 1 unspecified atom stereocenters. The van der Waals surface area contributed by atoms with E-state index >= 15 is 0 Å². The van der Waals surface area contributed by atoms with Gasteiger partial charge in [-0.1, -0.05) is 6.92 Å². The number of carbonyl (C=O) groups excluding carboxylic acids is 1. The van der Waals surface area contributed by atoms with Crippen molar-refractivity contribution in [1.82, 2.24) is 0 Å². The van der Waals surface area contributed by atoms with E-state index in [4.69, 9.17) is 14.6 Å². The summed E-state index contributed by atoms with van der Waals surface area (Å²) in [5.74, 6) is 0.167. The lowest BCUT2D eigenvalue weighted by Gasteiger charge is -2.08. The fourth-order valence-corrected chi connectivity index (χ4v) is 0.599. The van der Waals surface area contributed by atoms with Crippen LogP contribution in [0.3, 0.4) is 0 Å². The third-order valence-corrected chi connectivity index (χ3v) is 1.36. The summed E-state index contributed by atoms with van der Waals surface area (Å²) < 4.78 is 10.2. The zero-order valence-electron chi connectivity index (χ0n) is 10.3. The van der Waals surface area contributed by atoms with Gasteiger partial charge in [-0.15, -0.1) is 0 Å². The van der Waals surface area contributed by atoms with Crippen molar-refractivity contribution in [1.29, 1.82) is 0 Å². The summed E-state index contributed by atoms with van der Waals surface area (Å²) in [6.45, 7) is 9.26. The highest BCUT2D eigenvalue weighted by atomic mass is 16.5. The molecule has 4 heteroatoms. The highest BCUT2D eigenvalue weighted by Gasteiger charge is 1.98. The molecule has 0 spiro atoms. The van der Waals surface area contributed by atoms with E-state index in [2.05, 4.69) is 0 Å². The maximum atomic E-state index is 9.44. The summed E-state index contributed by atoms with van der Waals surface area (Å²) in [7, 11) is 0. The molecule has 92 valence electrons. The average Bonchev–Trinajstić information content (AvgIpc) is 2.16. The molecule has 0 saturated heterocycles. The minimum absolute atomic E-state index is 0.167. The monoisotopic (exact) mass is 220 g/mol. The molecular weight excluding hydrogens is 196 g/mol. The van der Waals surface area contributed by atoms with Gasteiger partial charge in [0.25, 0.3) is 0 Å². The molecule has 0 amide bonds. The first-order chi connectivity index (χ1) is 7.04. The Morgan fingerprint density at radius 2 is 1.67 bits per heavy atom. The number of aliphatic hydroxyl groups excluding tert-OH is 1. The van der Waals surface area contributed by atoms with Crippen LogP contribution in [0.15, 0.2) is 0 Å². The van der Waals surface area contributed by atoms with Crippen LogP contribution in [0, 0.1) is 0 Å². The molecule has 0 aliphatic carbocycles. The van der Waals surface area contributed by atoms with Gasteiger partial charge in [-0.3, -0.25) is 0 Å². The summed E-state index contributed by atoms with van der Waals surface area (Å²) in [4.78, 5) is 9.44. The molecule has 0 heterocycles. The summed E-state index contributed by atoms with van der Waals surface area (Å²) in [5, 5.41) is 9.05. The molecule has 0 aliphatic heterocycles. The Morgan fingerprint density at radius 3 is 2.07 bits per heavy atom. The first-order valence-electron chi connectivity index (χ1n) is 5.35. The number of rotatable bonds is 7. The smallest absolute Gasteiger partial charge is 0.126 e. The van der Waals surface area contributed by atoms with Crippen molar-refractivity contribution in [2.45, 2.75) is 40.2 Å². The van der Waals surface area contributed by atoms with Crippen LogP contribution in [0.5, 0.6) is 0 Å². The largest absolute Gasteiger partial charge is 0.391 e. The van der Waals surface area contributed by atoms with E-state index in [0.717, 1.165) is 13.0 Å². The zero-order valence-corrected chi connectivity index (χ0v) is 10.3. The molecule has 1 atom stereocenters. The molecule has 0 aromatic heterocycles. The van der Waals surface area contributed by atoms with Crippen molar-refractivity contribution in [3.63, 3.8) is 0 Å². The molecule has 0 radical (unpaired) electrons. The van der Waals surface area contributed by atoms with Gasteiger partial charge < -0.3 is 19.4 Å². The minimum atomic E-state index is -0.323. The van der Waals surface area contributed by atoms with E-state index < -0.39 is 0 Å². The summed E-state index contributed by atoms with van der Waals surface area (Å²) in [5.41, 5.74) is 0. The topological polar surface area (TPSA) is 55.8 Å². The highest BCUT2D eigenvalue weighted by Crippen LogP contribution is 1.90. The number of ether oxygens (including phenoxy) is 2. The van der Waals surface area contributed by atoms with Gasteiger partial charge in [-0.05, 0) is 27.2 Å². The van der Waals surface area contributed by atoms with Gasteiger partial charge in [0.1, 0.15) is 5.78 Å². The van der Waals surface area contributed by atoms with Crippen LogP contribution in [0.2, 0.25) is 0 Å². The van der Waals surface area contributed by atoms with Gasteiger partial charge in [0.2, 0.25) is 0 Å². The highest BCUT2D eigenvalue weighted by molar-refractivity contribution is 5.72. The van der Waals surface area contributed by atoms with Gasteiger partial charge >= 0.3 is 0 Å². The second-order valence-corrected chi connectivity index (χ2v) is 3.24. The van der Waals surface area contributed by atoms with Crippen molar-refractivity contribution < 1.29 is 19.4 Å². The Hall–Kier alpha value is -0.450. The second-order valence-electron chi connectivity index (χ2n) is 3.24. The van der Waals surface area contributed by atoms with E-state index in [1.54, 1.807) is 0 Å². The third-order valence-electron chi connectivity index (χ3n) is 1.36. The molecule has 1 N–H and O–H groups in total. The molecular formula is C11H24O4. The predicted octanol–water partition coefficient (Wildman–Crippen LogP) is 1.41. The second kappa shape index (κ2) is 13.5. The zero-order chi connectivity index (χ0) is 12.1. The molecule has 0 fully saturated rings. The van der Waals surface area contributed by atoms with Crippen LogP contribution >= 0.6 is 0 Å². The Bertz CT molecular complexity index is 133. The maximum absolute atomic E-state index is 9.44. The van der Waals surface area contributed by atoms with E-state index in [1.165, 1.54) is 13.8 Å². The van der Waals surface area contributed by atoms with E-state index in [1.807, 2.05) is 13.8 Å². The van der Waals surface area contributed by atoms with Crippen molar-refractivity contribution in [2.24, 2.45) is 0 Å². The van der Waals surface area contributed by atoms with Gasteiger partial charge in [0.05, 0.1) is 25.9 Å². The van der Waals surface area contributed by atoms with Gasteiger partial charge in [0.15, 0.2) is 0 Å². The molecule has 0 aromatic carbocycles. The number of hydrogen-bond acceptors (Lipinski definition) is 4. The Kier molecular flexibility index (Phi) is 15.3. The van der Waals surface area contributed by atoms with Crippen LogP contribution < -0.4 is 0 Å². The number of carbonyl (C=O) groups is 1. The van der Waals surface area contributed by atoms with Crippen LogP contribution in [0.4, 0.5) is 0 Å². The van der Waals surface area contributed by atoms with Crippen molar-refractivity contribution in [3.05, 3.63) is 0 Å². The van der Waals surface area contributed by atoms with E-state index in [9.17, 15) is 4.79 Å². The minimum Gasteiger partial charge on any atom is -0.391 e. The van der Waals surface area contributed by atoms with E-state index in [0.29, 0.717) is 19.8 Å². The molecule has 4 nitrogen and oxygen atoms in total. The van der Waals surface area contributed by atoms with Gasteiger partial charge in [-0.25, -0.2) is 0 Å². The van der Waals surface area contributed by atoms with Crippen molar-refractivity contribution in [3.8, 4) is 0 Å². The van der Waals surface area contributed by atoms with Crippen molar-refractivity contribution >= 4 is 5.78 Å². The third kappa shape index (κ3) is 24.7. The summed E-state index contributed by atoms with van der Waals surface area (Å²) in [6.07, 6.45) is 0.422. The van der Waals surface area contributed by atoms with E-state index in [-0.39, 0.29) is 11.9 Å². The predicted molar refractivity (Wildman–Crippen MR) is 60.0 cm³/mol. The van der Waals surface area contributed by atoms with Crippen LogP contribution in [-0.4, -0.2) is 43.4 Å². The lowest BCUT2D eigenvalue weighted by Crippen LogP contribution is -2.16. The molecule has 15 heavy (non-hydrogen) atoms. The Balaban J connectivity index is 0. The SMILES string of the molecule is CC(C)=O.CCOCCOCC(O)CC. The molecule has 0 bridgehead atoms. The Morgan fingerprint density at radius 1 is 1.20 bits per heavy atom. The lowest BCUT2D eigenvalue weighted by molar-refractivity contribution is -0.114. The first kappa shape index (κ1) is 17.0. The average molecular weight is 220 g/mol. The van der Waals surface area contributed by atoms with Crippen molar-refractivity contribution in [2.75, 3.05) is 26.4 Å². The molecule has 0 rings (SSSR count). The van der Waals surface area contributed by atoms with Crippen LogP contribution in [0.25, 0.3) is 0 Å². The number of ketones is 1. The van der Waals surface area contributed by atoms with Crippen LogP contribution in [0.1, 0.15) is 34.1 Å². The van der Waals surface area contributed by atoms with Crippen LogP contribution in [-0.2, 0) is 14.3 Å². The fraction of sp³-hybridized carbons (Fsp3) is 0.909. The number of hydrogen-bond donors (Lipinski definition) is 1. The quantitative estimate of drug-likeness (QED) is 0.659. The number of aliphatic hydroxyl groups is 1. The maximum Gasteiger partial charge on any atom is 0.126 e. The standard InChI is InChI=1S/C8H18O3.C3H6O/c1-3-8(9)7-11-6-5-10-4-2;1-3(2)4/h8-9H,3-7H2,1-2H3;1-2H3. The lowest BCUT2D eigenvalue weighted by atomic mass is 10.3. The fourth-order valence-electron chi connectivity index (χ4n) is 0.599. The summed E-state index contributed by atoms with van der Waals surface area (Å²) >= 11 is 0. The van der Waals surface area contributed by atoms with Gasteiger partial charge in [0, 0.05) is 6.61 Å². The molecule has 0 aromatic rings. The number of Topliss-reactive ketones (excluding diaryl/α,β-unsaturated/α-hetero) is 1. The normalized spacial score (nSPS) is 11.5. The molecule has 0 aliphatic rings.